The van der Waals surface area contributed by atoms with E-state index in [0.29, 0.717) is 6.54 Å². The Balaban J connectivity index is 2.47. The first-order valence-corrected chi connectivity index (χ1v) is 7.44. The van der Waals surface area contributed by atoms with Gasteiger partial charge in [0.15, 0.2) is 0 Å². The second kappa shape index (κ2) is 6.66. The number of para-hydroxylation sites is 2. The van der Waals surface area contributed by atoms with Crippen LogP contribution >= 0.6 is 22.6 Å². The molecule has 0 radical (unpaired) electrons. The molecule has 0 spiro atoms. The molecule has 6 heteroatoms. The molecule has 0 aliphatic rings. The molecule has 5 nitrogen and oxygen atoms in total. The standard InChI is InChI=1S/C15H13IN2O3/c1-2-17(14-10-6-4-8-12(14)16)15(19)11-7-3-5-9-13(11)18(20)21/h3-10H,2H2,1H3. The minimum atomic E-state index is -0.531. The van der Waals surface area contributed by atoms with Gasteiger partial charge < -0.3 is 4.90 Å². The second-order valence-corrected chi connectivity index (χ2v) is 5.44. The lowest BCUT2D eigenvalue weighted by Gasteiger charge is -2.22. The molecule has 0 aliphatic carbocycles. The molecule has 0 fully saturated rings. The van der Waals surface area contributed by atoms with Gasteiger partial charge in [-0.3, -0.25) is 14.9 Å². The van der Waals surface area contributed by atoms with Crippen LogP contribution in [0.5, 0.6) is 0 Å². The van der Waals surface area contributed by atoms with Crippen LogP contribution in [-0.4, -0.2) is 17.4 Å². The molecule has 0 heterocycles. The summed E-state index contributed by atoms with van der Waals surface area (Å²) in [4.78, 5) is 24.8. The highest BCUT2D eigenvalue weighted by Gasteiger charge is 2.25. The number of nitro benzene ring substituents is 1. The van der Waals surface area contributed by atoms with Crippen LogP contribution in [0.3, 0.4) is 0 Å². The van der Waals surface area contributed by atoms with Crippen LogP contribution in [0.15, 0.2) is 48.5 Å². The summed E-state index contributed by atoms with van der Waals surface area (Å²) in [6.07, 6.45) is 0. The predicted octanol–water partition coefficient (Wildman–Crippen LogP) is 3.87. The fourth-order valence-corrected chi connectivity index (χ4v) is 2.73. The molecule has 0 atom stereocenters. The van der Waals surface area contributed by atoms with E-state index in [-0.39, 0.29) is 17.2 Å². The first-order chi connectivity index (χ1) is 10.1. The molecule has 0 aliphatic heterocycles. The van der Waals surface area contributed by atoms with Crippen LogP contribution in [0, 0.1) is 13.7 Å². The number of hydrogen-bond donors (Lipinski definition) is 0. The summed E-state index contributed by atoms with van der Waals surface area (Å²) in [5, 5.41) is 11.1. The molecule has 108 valence electrons. The summed E-state index contributed by atoms with van der Waals surface area (Å²) in [5.41, 5.74) is 0.680. The van der Waals surface area contributed by atoms with Gasteiger partial charge in [-0.2, -0.15) is 0 Å². The van der Waals surface area contributed by atoms with E-state index in [2.05, 4.69) is 22.6 Å². The van der Waals surface area contributed by atoms with Crippen LogP contribution in [0.1, 0.15) is 17.3 Å². The molecule has 2 rings (SSSR count). The monoisotopic (exact) mass is 396 g/mol. The zero-order valence-electron chi connectivity index (χ0n) is 11.3. The number of hydrogen-bond acceptors (Lipinski definition) is 3. The van der Waals surface area contributed by atoms with Crippen LogP contribution < -0.4 is 4.90 Å². The Morgan fingerprint density at radius 1 is 1.19 bits per heavy atom. The molecule has 0 unspecified atom stereocenters. The lowest BCUT2D eigenvalue weighted by molar-refractivity contribution is -0.385. The van der Waals surface area contributed by atoms with Gasteiger partial charge in [-0.15, -0.1) is 0 Å². The second-order valence-electron chi connectivity index (χ2n) is 4.28. The van der Waals surface area contributed by atoms with E-state index in [1.54, 1.807) is 17.0 Å². The third kappa shape index (κ3) is 3.21. The van der Waals surface area contributed by atoms with Crippen molar-refractivity contribution in [2.24, 2.45) is 0 Å². The average molecular weight is 396 g/mol. The van der Waals surface area contributed by atoms with E-state index in [1.807, 2.05) is 31.2 Å². The number of carbonyl (C=O) groups is 1. The summed E-state index contributed by atoms with van der Waals surface area (Å²) in [6, 6.07) is 13.5. The van der Waals surface area contributed by atoms with Crippen molar-refractivity contribution in [1.29, 1.82) is 0 Å². The third-order valence-corrected chi connectivity index (χ3v) is 3.95. The summed E-state index contributed by atoms with van der Waals surface area (Å²) in [5.74, 6) is -0.367. The Bertz CT molecular complexity index is 688. The highest BCUT2D eigenvalue weighted by molar-refractivity contribution is 14.1. The zero-order chi connectivity index (χ0) is 15.4. The molecule has 0 N–H and O–H groups in total. The maximum absolute atomic E-state index is 12.7. The Labute approximate surface area is 135 Å². The molecule has 0 saturated heterocycles. The highest BCUT2D eigenvalue weighted by atomic mass is 127. The number of nitro groups is 1. The van der Waals surface area contributed by atoms with Crippen molar-refractivity contribution in [3.05, 3.63) is 67.8 Å². The van der Waals surface area contributed by atoms with Gasteiger partial charge in [-0.25, -0.2) is 0 Å². The fourth-order valence-electron chi connectivity index (χ4n) is 2.05. The quantitative estimate of drug-likeness (QED) is 0.448. The molecule has 2 aromatic rings. The number of benzene rings is 2. The van der Waals surface area contributed by atoms with Crippen LogP contribution in [0.25, 0.3) is 0 Å². The Hall–Kier alpha value is -1.96. The zero-order valence-corrected chi connectivity index (χ0v) is 13.5. The largest absolute Gasteiger partial charge is 0.307 e. The summed E-state index contributed by atoms with van der Waals surface area (Å²) in [6.45, 7) is 2.28. The third-order valence-electron chi connectivity index (χ3n) is 3.04. The number of rotatable bonds is 4. The van der Waals surface area contributed by atoms with Gasteiger partial charge in [-0.1, -0.05) is 24.3 Å². The smallest absolute Gasteiger partial charge is 0.282 e. The van der Waals surface area contributed by atoms with Crippen molar-refractivity contribution < 1.29 is 9.72 Å². The maximum atomic E-state index is 12.7. The van der Waals surface area contributed by atoms with Gasteiger partial charge in [0.25, 0.3) is 11.6 Å². The van der Waals surface area contributed by atoms with E-state index in [9.17, 15) is 14.9 Å². The first-order valence-electron chi connectivity index (χ1n) is 6.36. The molecule has 0 saturated carbocycles. The van der Waals surface area contributed by atoms with Crippen LogP contribution in [-0.2, 0) is 0 Å². The Morgan fingerprint density at radius 2 is 1.81 bits per heavy atom. The van der Waals surface area contributed by atoms with Gasteiger partial charge in [0.1, 0.15) is 5.56 Å². The number of nitrogens with zero attached hydrogens (tertiary/aromatic N) is 2. The molecule has 1 amide bonds. The molecular weight excluding hydrogens is 383 g/mol. The van der Waals surface area contributed by atoms with Crippen molar-refractivity contribution in [3.8, 4) is 0 Å². The Kier molecular flexibility index (Phi) is 4.89. The minimum absolute atomic E-state index is 0.101. The highest BCUT2D eigenvalue weighted by Crippen LogP contribution is 2.26. The summed E-state index contributed by atoms with van der Waals surface area (Å²) < 4.78 is 0.920. The van der Waals surface area contributed by atoms with E-state index in [0.717, 1.165) is 9.26 Å². The van der Waals surface area contributed by atoms with Gasteiger partial charge >= 0.3 is 0 Å². The minimum Gasteiger partial charge on any atom is -0.307 e. The molecular formula is C15H13IN2O3. The lowest BCUT2D eigenvalue weighted by Crippen LogP contribution is -2.31. The van der Waals surface area contributed by atoms with Gasteiger partial charge in [0, 0.05) is 16.2 Å². The summed E-state index contributed by atoms with van der Waals surface area (Å²) in [7, 11) is 0. The van der Waals surface area contributed by atoms with Crippen molar-refractivity contribution in [3.63, 3.8) is 0 Å². The molecule has 21 heavy (non-hydrogen) atoms. The number of halogens is 1. The number of amides is 1. The average Bonchev–Trinajstić information content (AvgIpc) is 2.49. The van der Waals surface area contributed by atoms with Crippen molar-refractivity contribution in [2.75, 3.05) is 11.4 Å². The van der Waals surface area contributed by atoms with E-state index < -0.39 is 4.92 Å². The van der Waals surface area contributed by atoms with Gasteiger partial charge in [0.2, 0.25) is 0 Å². The van der Waals surface area contributed by atoms with E-state index in [4.69, 9.17) is 0 Å². The topological polar surface area (TPSA) is 63.5 Å². The van der Waals surface area contributed by atoms with Crippen molar-refractivity contribution in [2.45, 2.75) is 6.92 Å². The molecule has 2 aromatic carbocycles. The maximum Gasteiger partial charge on any atom is 0.282 e. The number of anilines is 1. The van der Waals surface area contributed by atoms with Crippen LogP contribution in [0.4, 0.5) is 11.4 Å². The van der Waals surface area contributed by atoms with Crippen molar-refractivity contribution >= 4 is 39.9 Å². The SMILES string of the molecule is CCN(C(=O)c1ccccc1[N+](=O)[O-])c1ccccc1I. The molecule has 0 aromatic heterocycles. The van der Waals surface area contributed by atoms with E-state index >= 15 is 0 Å². The van der Waals surface area contributed by atoms with Crippen LogP contribution in [0.2, 0.25) is 0 Å². The lowest BCUT2D eigenvalue weighted by atomic mass is 10.1. The predicted molar refractivity (Wildman–Crippen MR) is 89.6 cm³/mol. The van der Waals surface area contributed by atoms with E-state index in [1.165, 1.54) is 12.1 Å². The fraction of sp³-hybridized carbons (Fsp3) is 0.133. The molecule has 0 bridgehead atoms. The van der Waals surface area contributed by atoms with Gasteiger partial charge in [-0.05, 0) is 47.7 Å². The summed E-state index contributed by atoms with van der Waals surface area (Å²) >= 11 is 2.15. The van der Waals surface area contributed by atoms with Crippen molar-refractivity contribution in [1.82, 2.24) is 0 Å². The van der Waals surface area contributed by atoms with Gasteiger partial charge in [0.05, 0.1) is 10.6 Å². The Morgan fingerprint density at radius 3 is 2.43 bits per heavy atom. The number of carbonyl (C=O) groups excluding carboxylic acids is 1. The normalized spacial score (nSPS) is 10.2. The first kappa shape index (κ1) is 15.4.